The van der Waals surface area contributed by atoms with E-state index < -0.39 is 17.5 Å². The first-order valence-electron chi connectivity index (χ1n) is 7.55. The maximum Gasteiger partial charge on any atom is 0.274 e. The van der Waals surface area contributed by atoms with Crippen LogP contribution in [0.5, 0.6) is 0 Å². The van der Waals surface area contributed by atoms with Crippen molar-refractivity contribution in [2.24, 2.45) is 0 Å². The monoisotopic (exact) mass is 358 g/mol. The number of carbonyl (C=O) groups excluding carboxylic acids is 1. The molecule has 26 heavy (non-hydrogen) atoms. The Labute approximate surface area is 146 Å². The van der Waals surface area contributed by atoms with E-state index in [1.54, 1.807) is 6.92 Å². The molecule has 8 heteroatoms. The van der Waals surface area contributed by atoms with Crippen molar-refractivity contribution in [1.82, 2.24) is 9.97 Å². The maximum absolute atomic E-state index is 13.7. The summed E-state index contributed by atoms with van der Waals surface area (Å²) in [5.74, 6) is -2.08. The predicted octanol–water partition coefficient (Wildman–Crippen LogP) is 4.20. The van der Waals surface area contributed by atoms with Gasteiger partial charge in [0.25, 0.3) is 5.91 Å². The van der Waals surface area contributed by atoms with E-state index >= 15 is 0 Å². The zero-order valence-electron chi connectivity index (χ0n) is 13.6. The number of nitrogens with one attached hydrogen (secondary N) is 2. The van der Waals surface area contributed by atoms with Crippen molar-refractivity contribution in [1.29, 1.82) is 0 Å². The summed E-state index contributed by atoms with van der Waals surface area (Å²) < 4.78 is 39.6. The molecule has 0 unspecified atom stereocenters. The average Bonchev–Trinajstić information content (AvgIpc) is 2.59. The van der Waals surface area contributed by atoms with Crippen LogP contribution in [-0.2, 0) is 0 Å². The molecule has 0 aliphatic heterocycles. The number of benzene rings is 2. The van der Waals surface area contributed by atoms with Crippen LogP contribution in [-0.4, -0.2) is 15.9 Å². The summed E-state index contributed by atoms with van der Waals surface area (Å²) >= 11 is 0. The zero-order chi connectivity index (χ0) is 18.7. The van der Waals surface area contributed by atoms with E-state index in [1.807, 2.05) is 0 Å². The van der Waals surface area contributed by atoms with Crippen LogP contribution in [0.2, 0.25) is 0 Å². The van der Waals surface area contributed by atoms with Crippen molar-refractivity contribution in [2.45, 2.75) is 6.92 Å². The zero-order valence-corrected chi connectivity index (χ0v) is 13.6. The maximum atomic E-state index is 13.7. The molecule has 5 nitrogen and oxygen atoms in total. The van der Waals surface area contributed by atoms with E-state index in [0.29, 0.717) is 23.4 Å². The van der Waals surface area contributed by atoms with Gasteiger partial charge in [-0.2, -0.15) is 0 Å². The smallest absolute Gasteiger partial charge is 0.274 e. The summed E-state index contributed by atoms with van der Waals surface area (Å²) in [4.78, 5) is 20.5. The predicted molar refractivity (Wildman–Crippen MR) is 90.8 cm³/mol. The van der Waals surface area contributed by atoms with E-state index in [-0.39, 0.29) is 17.2 Å². The number of hydrogen-bond donors (Lipinski definition) is 2. The lowest BCUT2D eigenvalue weighted by Crippen LogP contribution is -2.16. The fourth-order valence-corrected chi connectivity index (χ4v) is 2.21. The van der Waals surface area contributed by atoms with E-state index in [4.69, 9.17) is 0 Å². The van der Waals surface area contributed by atoms with Crippen LogP contribution in [0.25, 0.3) is 0 Å². The third kappa shape index (κ3) is 4.15. The fourth-order valence-electron chi connectivity index (χ4n) is 2.21. The Morgan fingerprint density at radius 3 is 2.31 bits per heavy atom. The number of carbonyl (C=O) groups is 1. The normalized spacial score (nSPS) is 10.5. The first-order valence-corrected chi connectivity index (χ1v) is 7.55. The van der Waals surface area contributed by atoms with Crippen LogP contribution in [0, 0.1) is 24.4 Å². The standard InChI is InChI=1S/C18H13F3N4O/c1-10-22-16(18(26)25-15-7-4-12(20)8-14(15)21)9-17(23-10)24-13-5-2-11(19)3-6-13/h2-9H,1H3,(H,25,26)(H,22,23,24). The molecular weight excluding hydrogens is 345 g/mol. The molecule has 3 aromatic rings. The van der Waals surface area contributed by atoms with Crippen molar-refractivity contribution >= 4 is 23.1 Å². The van der Waals surface area contributed by atoms with Crippen LogP contribution in [0.15, 0.2) is 48.5 Å². The number of nitrogens with zero attached hydrogens (tertiary/aromatic N) is 2. The molecule has 0 fully saturated rings. The topological polar surface area (TPSA) is 66.9 Å². The number of halogens is 3. The fraction of sp³-hybridized carbons (Fsp3) is 0.0556. The molecule has 132 valence electrons. The molecule has 0 saturated carbocycles. The highest BCUT2D eigenvalue weighted by molar-refractivity contribution is 6.03. The van der Waals surface area contributed by atoms with Gasteiger partial charge in [0.2, 0.25) is 0 Å². The minimum atomic E-state index is -0.895. The van der Waals surface area contributed by atoms with Crippen LogP contribution >= 0.6 is 0 Å². The van der Waals surface area contributed by atoms with Crippen molar-refractivity contribution < 1.29 is 18.0 Å². The minimum Gasteiger partial charge on any atom is -0.340 e. The van der Waals surface area contributed by atoms with E-state index in [2.05, 4.69) is 20.6 Å². The first-order chi connectivity index (χ1) is 12.4. The average molecular weight is 358 g/mol. The lowest BCUT2D eigenvalue weighted by molar-refractivity contribution is 0.102. The lowest BCUT2D eigenvalue weighted by Gasteiger charge is -2.10. The molecule has 1 heterocycles. The van der Waals surface area contributed by atoms with E-state index in [1.165, 1.54) is 30.3 Å². The van der Waals surface area contributed by atoms with Crippen molar-refractivity contribution in [2.75, 3.05) is 10.6 Å². The molecule has 1 amide bonds. The van der Waals surface area contributed by atoms with Gasteiger partial charge in [-0.1, -0.05) is 0 Å². The van der Waals surface area contributed by atoms with Crippen LogP contribution < -0.4 is 10.6 Å². The lowest BCUT2D eigenvalue weighted by atomic mass is 10.2. The van der Waals surface area contributed by atoms with E-state index in [0.717, 1.165) is 12.1 Å². The van der Waals surface area contributed by atoms with Crippen molar-refractivity contribution in [3.05, 3.63) is 77.5 Å². The van der Waals surface area contributed by atoms with Gasteiger partial charge in [-0.25, -0.2) is 23.1 Å². The first kappa shape index (κ1) is 17.4. The molecule has 2 N–H and O–H groups in total. The summed E-state index contributed by atoms with van der Waals surface area (Å²) in [6.07, 6.45) is 0. The van der Waals surface area contributed by atoms with Gasteiger partial charge in [-0.15, -0.1) is 0 Å². The summed E-state index contributed by atoms with van der Waals surface area (Å²) in [5.41, 5.74) is 0.395. The summed E-state index contributed by atoms with van der Waals surface area (Å²) in [6.45, 7) is 1.59. The second kappa shape index (κ2) is 7.22. The Bertz CT molecular complexity index is 961. The summed E-state index contributed by atoms with van der Waals surface area (Å²) in [5, 5.41) is 5.26. The Kier molecular flexibility index (Phi) is 4.83. The highest BCUT2D eigenvalue weighted by Crippen LogP contribution is 2.18. The molecule has 0 aliphatic rings. The van der Waals surface area contributed by atoms with Crippen molar-refractivity contribution in [3.8, 4) is 0 Å². The Balaban J connectivity index is 1.82. The van der Waals surface area contributed by atoms with Crippen molar-refractivity contribution in [3.63, 3.8) is 0 Å². The second-order valence-corrected chi connectivity index (χ2v) is 5.40. The molecule has 0 radical (unpaired) electrons. The Hall–Kier alpha value is -3.42. The van der Waals surface area contributed by atoms with Gasteiger partial charge >= 0.3 is 0 Å². The van der Waals surface area contributed by atoms with Crippen LogP contribution in [0.4, 0.5) is 30.4 Å². The van der Waals surface area contributed by atoms with Crippen LogP contribution in [0.3, 0.4) is 0 Å². The highest BCUT2D eigenvalue weighted by atomic mass is 19.1. The molecule has 0 saturated heterocycles. The molecular formula is C18H13F3N4O. The van der Waals surface area contributed by atoms with Gasteiger partial charge in [0.05, 0.1) is 5.69 Å². The van der Waals surface area contributed by atoms with Gasteiger partial charge in [0.1, 0.15) is 34.8 Å². The SMILES string of the molecule is Cc1nc(Nc2ccc(F)cc2)cc(C(=O)Nc2ccc(F)cc2F)n1. The summed E-state index contributed by atoms with van der Waals surface area (Å²) in [7, 11) is 0. The third-order valence-electron chi connectivity index (χ3n) is 3.37. The van der Waals surface area contributed by atoms with Gasteiger partial charge in [-0.05, 0) is 43.3 Å². The number of hydrogen-bond acceptors (Lipinski definition) is 4. The quantitative estimate of drug-likeness (QED) is 0.734. The number of aromatic nitrogens is 2. The largest absolute Gasteiger partial charge is 0.340 e. The van der Waals surface area contributed by atoms with Crippen LogP contribution in [0.1, 0.15) is 16.3 Å². The van der Waals surface area contributed by atoms with Gasteiger partial charge in [-0.3, -0.25) is 4.79 Å². The molecule has 0 atom stereocenters. The number of anilines is 3. The molecule has 0 spiro atoms. The molecule has 3 rings (SSSR count). The van der Waals surface area contributed by atoms with E-state index in [9.17, 15) is 18.0 Å². The summed E-state index contributed by atoms with van der Waals surface area (Å²) in [6, 6.07) is 9.78. The second-order valence-electron chi connectivity index (χ2n) is 5.40. The van der Waals surface area contributed by atoms with Gasteiger partial charge in [0.15, 0.2) is 0 Å². The Morgan fingerprint density at radius 1 is 0.923 bits per heavy atom. The van der Waals surface area contributed by atoms with Gasteiger partial charge < -0.3 is 10.6 Å². The molecule has 0 bridgehead atoms. The highest BCUT2D eigenvalue weighted by Gasteiger charge is 2.13. The molecule has 0 aliphatic carbocycles. The Morgan fingerprint density at radius 2 is 1.62 bits per heavy atom. The minimum absolute atomic E-state index is 0.00848. The molecule has 1 aromatic heterocycles. The number of rotatable bonds is 4. The third-order valence-corrected chi connectivity index (χ3v) is 3.37. The number of aryl methyl sites for hydroxylation is 1. The molecule has 2 aromatic carbocycles. The van der Waals surface area contributed by atoms with Gasteiger partial charge in [0, 0.05) is 17.8 Å². The number of amides is 1.